The molecule has 0 saturated carbocycles. The van der Waals surface area contributed by atoms with E-state index in [0.717, 1.165) is 25.2 Å². The van der Waals surface area contributed by atoms with Crippen molar-refractivity contribution in [2.45, 2.75) is 19.0 Å². The van der Waals surface area contributed by atoms with E-state index < -0.39 is 17.7 Å². The van der Waals surface area contributed by atoms with Crippen LogP contribution < -0.4 is 4.90 Å². The first kappa shape index (κ1) is 18.8. The number of aromatic nitrogens is 4. The number of rotatable bonds is 2. The number of anilines is 1. The molecule has 0 bridgehead atoms. The summed E-state index contributed by atoms with van der Waals surface area (Å²) in [5.41, 5.74) is -0.499. The molecule has 0 unspecified atom stereocenters. The fraction of sp³-hybridized carbons (Fsp3) is 0.471. The zero-order valence-corrected chi connectivity index (χ0v) is 15.1. The molecule has 0 radical (unpaired) electrons. The highest BCUT2D eigenvalue weighted by molar-refractivity contribution is 5.83. The Labute approximate surface area is 156 Å². The Morgan fingerprint density at radius 3 is 2.29 bits per heavy atom. The van der Waals surface area contributed by atoms with Gasteiger partial charge in [-0.15, -0.1) is 0 Å². The lowest BCUT2D eigenvalue weighted by molar-refractivity contribution is -0.289. The van der Waals surface area contributed by atoms with Crippen LogP contribution in [0.4, 0.5) is 27.8 Å². The Hall–Kier alpha value is -2.56. The van der Waals surface area contributed by atoms with Gasteiger partial charge in [0.2, 0.25) is 0 Å². The van der Waals surface area contributed by atoms with Crippen LogP contribution in [0.3, 0.4) is 0 Å². The van der Waals surface area contributed by atoms with Crippen LogP contribution >= 0.6 is 0 Å². The van der Waals surface area contributed by atoms with Gasteiger partial charge in [0.1, 0.15) is 5.82 Å². The molecule has 6 nitrogen and oxygen atoms in total. The summed E-state index contributed by atoms with van der Waals surface area (Å²) in [6, 6.07) is 2.71. The standard InChI is InChI=1S/C17H17F5N6/c1-10-23-15-14(27-7-5-26(2)6-8-27)24-12-4-3-11(9-13(12)28(15)25-10)16(18,19)17(20,21)22/h3-4,9H,5-8H2,1-2H3. The van der Waals surface area contributed by atoms with Gasteiger partial charge in [0.05, 0.1) is 11.0 Å². The molecular weight excluding hydrogens is 383 g/mol. The van der Waals surface area contributed by atoms with Crippen molar-refractivity contribution < 1.29 is 22.0 Å². The van der Waals surface area contributed by atoms with E-state index in [1.807, 2.05) is 11.9 Å². The topological polar surface area (TPSA) is 49.6 Å². The van der Waals surface area contributed by atoms with Crippen molar-refractivity contribution in [2.24, 2.45) is 0 Å². The molecule has 3 aromatic rings. The Morgan fingerprint density at radius 2 is 1.64 bits per heavy atom. The minimum absolute atomic E-state index is 0.0508. The summed E-state index contributed by atoms with van der Waals surface area (Å²) in [5.74, 6) is -4.06. The number of hydrogen-bond donors (Lipinski definition) is 0. The second kappa shape index (κ2) is 6.23. The summed E-state index contributed by atoms with van der Waals surface area (Å²) in [7, 11) is 2.00. The zero-order valence-electron chi connectivity index (χ0n) is 15.1. The first-order valence-electron chi connectivity index (χ1n) is 8.63. The van der Waals surface area contributed by atoms with Crippen molar-refractivity contribution in [3.63, 3.8) is 0 Å². The Morgan fingerprint density at radius 1 is 0.964 bits per heavy atom. The van der Waals surface area contributed by atoms with E-state index in [1.54, 1.807) is 6.92 Å². The van der Waals surface area contributed by atoms with Crippen molar-refractivity contribution in [1.82, 2.24) is 24.5 Å². The molecule has 1 fully saturated rings. The number of nitrogens with zero attached hydrogens (tertiary/aromatic N) is 6. The van der Waals surface area contributed by atoms with E-state index in [2.05, 4.69) is 20.0 Å². The second-order valence-corrected chi connectivity index (χ2v) is 6.90. The van der Waals surface area contributed by atoms with Gasteiger partial charge in [0.15, 0.2) is 11.5 Å². The molecule has 28 heavy (non-hydrogen) atoms. The van der Waals surface area contributed by atoms with Crippen molar-refractivity contribution >= 4 is 22.5 Å². The Balaban J connectivity index is 1.90. The maximum atomic E-state index is 13.8. The number of piperazine rings is 1. The number of hydrogen-bond acceptors (Lipinski definition) is 5. The summed E-state index contributed by atoms with van der Waals surface area (Å²) in [6.45, 7) is 4.65. The van der Waals surface area contributed by atoms with Gasteiger partial charge < -0.3 is 9.80 Å². The molecule has 11 heteroatoms. The summed E-state index contributed by atoms with van der Waals surface area (Å²) in [4.78, 5) is 13.0. The Bertz CT molecular complexity index is 1040. The highest BCUT2D eigenvalue weighted by Gasteiger charge is 2.58. The SMILES string of the molecule is Cc1nc2c(N3CCN(C)CC3)nc3ccc(C(F)(F)C(F)(F)F)cc3n2n1. The lowest BCUT2D eigenvalue weighted by atomic mass is 10.1. The molecule has 1 aromatic carbocycles. The van der Waals surface area contributed by atoms with Crippen LogP contribution in [0.1, 0.15) is 11.4 Å². The smallest absolute Gasteiger partial charge is 0.351 e. The molecule has 0 amide bonds. The molecule has 0 spiro atoms. The number of benzene rings is 1. The third kappa shape index (κ3) is 2.93. The largest absolute Gasteiger partial charge is 0.458 e. The zero-order chi connectivity index (χ0) is 20.3. The molecular formula is C17H17F5N6. The van der Waals surface area contributed by atoms with Gasteiger partial charge in [-0.2, -0.15) is 27.1 Å². The van der Waals surface area contributed by atoms with Crippen LogP contribution in [-0.4, -0.2) is 63.9 Å². The highest BCUT2D eigenvalue weighted by Crippen LogP contribution is 2.44. The van der Waals surface area contributed by atoms with Crippen LogP contribution in [-0.2, 0) is 5.92 Å². The average molecular weight is 400 g/mol. The van der Waals surface area contributed by atoms with Gasteiger partial charge >= 0.3 is 12.1 Å². The van der Waals surface area contributed by atoms with Gasteiger partial charge in [0.25, 0.3) is 0 Å². The normalized spacial score (nSPS) is 17.0. The molecule has 4 rings (SSSR count). The maximum Gasteiger partial charge on any atom is 0.458 e. The average Bonchev–Trinajstić information content (AvgIpc) is 3.02. The maximum absolute atomic E-state index is 13.8. The molecule has 0 N–H and O–H groups in total. The first-order chi connectivity index (χ1) is 13.1. The fourth-order valence-electron chi connectivity index (χ4n) is 3.27. The predicted octanol–water partition coefficient (Wildman–Crippen LogP) is 2.99. The van der Waals surface area contributed by atoms with Crippen LogP contribution in [0.5, 0.6) is 0 Å². The van der Waals surface area contributed by atoms with Crippen molar-refractivity contribution in [3.05, 3.63) is 29.6 Å². The minimum Gasteiger partial charge on any atom is -0.351 e. The second-order valence-electron chi connectivity index (χ2n) is 6.90. The molecule has 3 heterocycles. The van der Waals surface area contributed by atoms with Crippen LogP contribution in [0.15, 0.2) is 18.2 Å². The molecule has 0 atom stereocenters. The molecule has 1 aliphatic heterocycles. The minimum atomic E-state index is -5.69. The summed E-state index contributed by atoms with van der Waals surface area (Å²) < 4.78 is 67.2. The number of aryl methyl sites for hydroxylation is 1. The van der Waals surface area contributed by atoms with Crippen LogP contribution in [0.2, 0.25) is 0 Å². The first-order valence-corrected chi connectivity index (χ1v) is 8.63. The Kier molecular flexibility index (Phi) is 4.18. The van der Waals surface area contributed by atoms with Crippen molar-refractivity contribution in [1.29, 1.82) is 0 Å². The van der Waals surface area contributed by atoms with E-state index in [4.69, 9.17) is 0 Å². The number of alkyl halides is 5. The molecule has 150 valence electrons. The van der Waals surface area contributed by atoms with Gasteiger partial charge in [-0.05, 0) is 26.1 Å². The lowest BCUT2D eigenvalue weighted by Crippen LogP contribution is -2.45. The molecule has 1 saturated heterocycles. The highest BCUT2D eigenvalue weighted by atomic mass is 19.4. The lowest BCUT2D eigenvalue weighted by Gasteiger charge is -2.33. The predicted molar refractivity (Wildman–Crippen MR) is 92.7 cm³/mol. The van der Waals surface area contributed by atoms with E-state index in [0.29, 0.717) is 30.4 Å². The number of fused-ring (bicyclic) bond motifs is 3. The van der Waals surface area contributed by atoms with Crippen molar-refractivity contribution in [2.75, 3.05) is 38.1 Å². The quantitative estimate of drug-likeness (QED) is 0.619. The van der Waals surface area contributed by atoms with E-state index in [1.165, 1.54) is 10.6 Å². The molecule has 0 aliphatic carbocycles. The van der Waals surface area contributed by atoms with Gasteiger partial charge in [-0.3, -0.25) is 0 Å². The number of halogens is 5. The summed E-state index contributed by atoms with van der Waals surface area (Å²) >= 11 is 0. The van der Waals surface area contributed by atoms with Crippen LogP contribution in [0, 0.1) is 6.92 Å². The monoisotopic (exact) mass is 400 g/mol. The number of likely N-dealkylation sites (N-methyl/N-ethyl adjacent to an activating group) is 1. The summed E-state index contributed by atoms with van der Waals surface area (Å²) in [5, 5.41) is 4.20. The van der Waals surface area contributed by atoms with Crippen molar-refractivity contribution in [3.8, 4) is 0 Å². The third-order valence-corrected chi connectivity index (χ3v) is 4.86. The van der Waals surface area contributed by atoms with Crippen LogP contribution in [0.25, 0.3) is 16.7 Å². The summed E-state index contributed by atoms with van der Waals surface area (Å²) in [6.07, 6.45) is -5.69. The van der Waals surface area contributed by atoms with E-state index in [9.17, 15) is 22.0 Å². The van der Waals surface area contributed by atoms with Gasteiger partial charge in [0, 0.05) is 31.7 Å². The van der Waals surface area contributed by atoms with Gasteiger partial charge in [-0.1, -0.05) is 6.07 Å². The van der Waals surface area contributed by atoms with Gasteiger partial charge in [-0.25, -0.2) is 14.5 Å². The van der Waals surface area contributed by atoms with E-state index >= 15 is 0 Å². The third-order valence-electron chi connectivity index (χ3n) is 4.86. The fourth-order valence-corrected chi connectivity index (χ4v) is 3.27. The molecule has 1 aliphatic rings. The molecule has 2 aromatic heterocycles. The van der Waals surface area contributed by atoms with E-state index in [-0.39, 0.29) is 11.0 Å².